The Hall–Kier alpha value is -3.53. The van der Waals surface area contributed by atoms with Gasteiger partial charge in [0.2, 0.25) is 11.8 Å². The van der Waals surface area contributed by atoms with E-state index >= 15 is 0 Å². The first-order valence-electron chi connectivity index (χ1n) is 11.7. The molecule has 2 aromatic carbocycles. The zero-order chi connectivity index (χ0) is 24.7. The summed E-state index contributed by atoms with van der Waals surface area (Å²) in [6, 6.07) is 9.87. The van der Waals surface area contributed by atoms with Gasteiger partial charge in [0.1, 0.15) is 6.04 Å². The smallest absolute Gasteiger partial charge is 0.262 e. The van der Waals surface area contributed by atoms with Gasteiger partial charge in [-0.1, -0.05) is 31.4 Å². The third kappa shape index (κ3) is 4.34. The van der Waals surface area contributed by atoms with Gasteiger partial charge < -0.3 is 0 Å². The fraction of sp³-hybridized carbons (Fsp3) is 0.360. The number of hydrogen-bond acceptors (Lipinski definition) is 6. The van der Waals surface area contributed by atoms with E-state index in [1.54, 1.807) is 12.1 Å². The van der Waals surface area contributed by atoms with Crippen molar-refractivity contribution in [1.29, 1.82) is 0 Å². The molecule has 2 heterocycles. The van der Waals surface area contributed by atoms with Crippen LogP contribution in [0.5, 0.6) is 0 Å². The largest absolute Gasteiger partial charge is 0.295 e. The van der Waals surface area contributed by atoms with Crippen LogP contribution in [0, 0.1) is 0 Å². The molecule has 2 aliphatic heterocycles. The lowest BCUT2D eigenvalue weighted by atomic mass is 9.84. The maximum absolute atomic E-state index is 13.0. The standard InChI is InChI=1S/C25H25N3O6S/c29-22-13-12-21(23(30)26-22)28-24(31)19-11-8-17(14-20(19)25(28)32)27-35(33,34)18-9-6-16(7-10-18)15-4-2-1-3-5-15/h6-11,14-15,21,27H,1-5,12-13H2,(H,26,29,30). The van der Waals surface area contributed by atoms with Crippen molar-refractivity contribution in [3.63, 3.8) is 0 Å². The van der Waals surface area contributed by atoms with Crippen molar-refractivity contribution < 1.29 is 27.6 Å². The van der Waals surface area contributed by atoms with Crippen LogP contribution in [0.25, 0.3) is 0 Å². The van der Waals surface area contributed by atoms with Crippen molar-refractivity contribution in [1.82, 2.24) is 10.2 Å². The van der Waals surface area contributed by atoms with E-state index < -0.39 is 39.7 Å². The van der Waals surface area contributed by atoms with E-state index in [0.717, 1.165) is 23.3 Å². The van der Waals surface area contributed by atoms with Crippen LogP contribution < -0.4 is 10.0 Å². The van der Waals surface area contributed by atoms with Crippen LogP contribution in [0.2, 0.25) is 0 Å². The van der Waals surface area contributed by atoms with Gasteiger partial charge in [0, 0.05) is 12.1 Å². The second kappa shape index (κ2) is 8.92. The highest BCUT2D eigenvalue weighted by molar-refractivity contribution is 7.92. The normalized spacial score (nSPS) is 21.1. The van der Waals surface area contributed by atoms with Gasteiger partial charge in [-0.15, -0.1) is 0 Å². The van der Waals surface area contributed by atoms with Crippen molar-refractivity contribution in [2.75, 3.05) is 4.72 Å². The predicted octanol–water partition coefficient (Wildman–Crippen LogP) is 2.94. The van der Waals surface area contributed by atoms with Crippen LogP contribution >= 0.6 is 0 Å². The molecule has 35 heavy (non-hydrogen) atoms. The van der Waals surface area contributed by atoms with E-state index in [9.17, 15) is 27.6 Å². The van der Waals surface area contributed by atoms with Crippen LogP contribution in [0.4, 0.5) is 5.69 Å². The van der Waals surface area contributed by atoms with Crippen LogP contribution in [0.3, 0.4) is 0 Å². The molecule has 1 unspecified atom stereocenters. The molecular formula is C25H25N3O6S. The van der Waals surface area contributed by atoms with E-state index in [0.29, 0.717) is 5.92 Å². The molecule has 3 aliphatic rings. The summed E-state index contributed by atoms with van der Waals surface area (Å²) in [7, 11) is -3.92. The van der Waals surface area contributed by atoms with Crippen molar-refractivity contribution in [3.8, 4) is 0 Å². The minimum absolute atomic E-state index is 0.00699. The number of imide groups is 2. The average Bonchev–Trinajstić information content (AvgIpc) is 3.09. The number of rotatable bonds is 5. The Morgan fingerprint density at radius 2 is 1.51 bits per heavy atom. The molecule has 0 spiro atoms. The Labute approximate surface area is 202 Å². The Kier molecular flexibility index (Phi) is 5.92. The number of piperidine rings is 1. The van der Waals surface area contributed by atoms with Crippen molar-refractivity contribution in [2.24, 2.45) is 0 Å². The predicted molar refractivity (Wildman–Crippen MR) is 126 cm³/mol. The molecule has 2 N–H and O–H groups in total. The lowest BCUT2D eigenvalue weighted by Gasteiger charge is -2.27. The first-order valence-corrected chi connectivity index (χ1v) is 13.2. The highest BCUT2D eigenvalue weighted by Gasteiger charge is 2.44. The van der Waals surface area contributed by atoms with E-state index in [1.165, 1.54) is 37.5 Å². The Morgan fingerprint density at radius 1 is 0.829 bits per heavy atom. The molecule has 2 fully saturated rings. The van der Waals surface area contributed by atoms with E-state index in [1.807, 2.05) is 12.1 Å². The Morgan fingerprint density at radius 3 is 2.20 bits per heavy atom. The lowest BCUT2D eigenvalue weighted by molar-refractivity contribution is -0.136. The quantitative estimate of drug-likeness (QED) is 0.614. The second-order valence-corrected chi connectivity index (χ2v) is 10.9. The molecular weight excluding hydrogens is 470 g/mol. The van der Waals surface area contributed by atoms with Crippen molar-refractivity contribution in [2.45, 2.75) is 61.8 Å². The van der Waals surface area contributed by atoms with Gasteiger partial charge in [-0.05, 0) is 61.1 Å². The van der Waals surface area contributed by atoms with Crippen LogP contribution in [-0.2, 0) is 19.6 Å². The third-order valence-corrected chi connectivity index (χ3v) is 8.36. The number of anilines is 1. The molecule has 0 radical (unpaired) electrons. The fourth-order valence-electron chi connectivity index (χ4n) is 5.10. The van der Waals surface area contributed by atoms with Gasteiger partial charge in [0.05, 0.1) is 16.0 Å². The van der Waals surface area contributed by atoms with Gasteiger partial charge in [0.25, 0.3) is 21.8 Å². The summed E-state index contributed by atoms with van der Waals surface area (Å²) < 4.78 is 28.4. The summed E-state index contributed by atoms with van der Waals surface area (Å²) in [5, 5.41) is 2.14. The summed E-state index contributed by atoms with van der Waals surface area (Å²) in [5.74, 6) is -2.04. The highest BCUT2D eigenvalue weighted by atomic mass is 32.2. The average molecular weight is 496 g/mol. The number of nitrogens with zero attached hydrogens (tertiary/aromatic N) is 1. The van der Waals surface area contributed by atoms with E-state index in [-0.39, 0.29) is 34.6 Å². The summed E-state index contributed by atoms with van der Waals surface area (Å²) in [6.07, 6.45) is 5.91. The third-order valence-electron chi connectivity index (χ3n) is 6.96. The molecule has 1 atom stereocenters. The van der Waals surface area contributed by atoms with E-state index in [4.69, 9.17) is 0 Å². The summed E-state index contributed by atoms with van der Waals surface area (Å²) >= 11 is 0. The van der Waals surface area contributed by atoms with Gasteiger partial charge in [-0.25, -0.2) is 8.42 Å². The van der Waals surface area contributed by atoms with Crippen LogP contribution in [0.1, 0.15) is 77.1 Å². The van der Waals surface area contributed by atoms with Gasteiger partial charge >= 0.3 is 0 Å². The first-order chi connectivity index (χ1) is 16.7. The summed E-state index contributed by atoms with van der Waals surface area (Å²) in [6.45, 7) is 0. The number of hydrogen-bond donors (Lipinski definition) is 2. The summed E-state index contributed by atoms with van der Waals surface area (Å²) in [4.78, 5) is 50.4. The molecule has 1 saturated heterocycles. The monoisotopic (exact) mass is 495 g/mol. The van der Waals surface area contributed by atoms with E-state index in [2.05, 4.69) is 10.0 Å². The molecule has 1 aliphatic carbocycles. The Balaban J connectivity index is 1.34. The zero-order valence-electron chi connectivity index (χ0n) is 19.0. The maximum Gasteiger partial charge on any atom is 0.262 e. The minimum Gasteiger partial charge on any atom is -0.295 e. The SMILES string of the molecule is O=C1CCC(N2C(=O)c3ccc(NS(=O)(=O)c4ccc(C5CCCCC5)cc4)cc3C2=O)C(=O)N1. The highest BCUT2D eigenvalue weighted by Crippen LogP contribution is 2.33. The fourth-order valence-corrected chi connectivity index (χ4v) is 6.15. The van der Waals surface area contributed by atoms with Gasteiger partial charge in [0.15, 0.2) is 0 Å². The molecule has 10 heteroatoms. The molecule has 0 aromatic heterocycles. The summed E-state index contributed by atoms with van der Waals surface area (Å²) in [5.41, 5.74) is 1.36. The number of amides is 4. The number of nitrogens with one attached hydrogen (secondary N) is 2. The van der Waals surface area contributed by atoms with Crippen LogP contribution in [0.15, 0.2) is 47.4 Å². The maximum atomic E-state index is 13.0. The molecule has 0 bridgehead atoms. The minimum atomic E-state index is -3.92. The molecule has 4 amide bonds. The van der Waals surface area contributed by atoms with Gasteiger partial charge in [-0.3, -0.25) is 34.1 Å². The molecule has 1 saturated carbocycles. The van der Waals surface area contributed by atoms with Crippen LogP contribution in [-0.4, -0.2) is 43.0 Å². The number of carbonyl (C=O) groups is 4. The lowest BCUT2D eigenvalue weighted by Crippen LogP contribution is -2.54. The van der Waals surface area contributed by atoms with Crippen molar-refractivity contribution in [3.05, 3.63) is 59.2 Å². The topological polar surface area (TPSA) is 130 Å². The zero-order valence-corrected chi connectivity index (χ0v) is 19.8. The molecule has 182 valence electrons. The Bertz CT molecular complexity index is 1330. The van der Waals surface area contributed by atoms with Gasteiger partial charge in [-0.2, -0.15) is 0 Å². The first kappa shape index (κ1) is 23.2. The molecule has 9 nitrogen and oxygen atoms in total. The molecule has 5 rings (SSSR count). The number of carbonyl (C=O) groups excluding carboxylic acids is 4. The molecule has 2 aromatic rings. The second-order valence-electron chi connectivity index (χ2n) is 9.22. The number of fused-ring (bicyclic) bond motifs is 1. The van der Waals surface area contributed by atoms with Crippen molar-refractivity contribution >= 4 is 39.3 Å². The number of sulfonamides is 1. The number of benzene rings is 2.